The summed E-state index contributed by atoms with van der Waals surface area (Å²) in [5.74, 6) is -0.108. The zero-order chi connectivity index (χ0) is 22.3. The molecule has 1 heterocycles. The SMILES string of the molecule is CCC1(c2ccc(OC)cc2)C(=O)N(c2ccc(C#N)c(C(F)(F)F)c2)C(=O)N1C. The normalized spacial score (nSPS) is 19.2. The number of hydrogen-bond acceptors (Lipinski definition) is 4. The van der Waals surface area contributed by atoms with E-state index in [9.17, 15) is 22.8 Å². The minimum atomic E-state index is -4.81. The molecular weight excluding hydrogens is 399 g/mol. The van der Waals surface area contributed by atoms with Crippen LogP contribution in [-0.2, 0) is 16.5 Å². The van der Waals surface area contributed by atoms with Gasteiger partial charge in [0.15, 0.2) is 0 Å². The van der Waals surface area contributed by atoms with Crippen molar-refractivity contribution in [1.29, 1.82) is 5.26 Å². The van der Waals surface area contributed by atoms with Crippen LogP contribution in [-0.4, -0.2) is 31.0 Å². The average Bonchev–Trinajstić information content (AvgIpc) is 2.93. The van der Waals surface area contributed by atoms with E-state index in [0.29, 0.717) is 17.4 Å². The second-order valence-electron chi connectivity index (χ2n) is 6.76. The van der Waals surface area contributed by atoms with Crippen molar-refractivity contribution < 1.29 is 27.5 Å². The van der Waals surface area contributed by atoms with Crippen LogP contribution < -0.4 is 9.64 Å². The van der Waals surface area contributed by atoms with Gasteiger partial charge in [0.25, 0.3) is 5.91 Å². The largest absolute Gasteiger partial charge is 0.497 e. The third-order valence-corrected chi connectivity index (χ3v) is 5.37. The van der Waals surface area contributed by atoms with E-state index in [4.69, 9.17) is 10.00 Å². The van der Waals surface area contributed by atoms with Gasteiger partial charge in [0.2, 0.25) is 0 Å². The van der Waals surface area contributed by atoms with Gasteiger partial charge in [0.05, 0.1) is 30.0 Å². The number of urea groups is 1. The van der Waals surface area contributed by atoms with E-state index in [1.54, 1.807) is 31.2 Å². The van der Waals surface area contributed by atoms with Gasteiger partial charge in [0, 0.05) is 7.05 Å². The van der Waals surface area contributed by atoms with E-state index in [1.165, 1.54) is 25.1 Å². The fourth-order valence-corrected chi connectivity index (χ4v) is 3.74. The van der Waals surface area contributed by atoms with Gasteiger partial charge < -0.3 is 9.64 Å². The summed E-state index contributed by atoms with van der Waals surface area (Å²) in [6.07, 6.45) is -4.60. The zero-order valence-electron chi connectivity index (χ0n) is 16.4. The minimum absolute atomic E-state index is 0.208. The van der Waals surface area contributed by atoms with Crippen LogP contribution in [0.3, 0.4) is 0 Å². The molecule has 156 valence electrons. The van der Waals surface area contributed by atoms with E-state index in [2.05, 4.69) is 0 Å². The van der Waals surface area contributed by atoms with Crippen molar-refractivity contribution in [1.82, 2.24) is 4.90 Å². The second-order valence-corrected chi connectivity index (χ2v) is 6.76. The Bertz CT molecular complexity index is 1040. The molecule has 2 aromatic carbocycles. The smallest absolute Gasteiger partial charge is 0.417 e. The van der Waals surface area contributed by atoms with Gasteiger partial charge >= 0.3 is 12.2 Å². The number of imide groups is 1. The number of halogens is 3. The van der Waals surface area contributed by atoms with Crippen LogP contribution >= 0.6 is 0 Å². The summed E-state index contributed by atoms with van der Waals surface area (Å²) in [6.45, 7) is 1.72. The van der Waals surface area contributed by atoms with Gasteiger partial charge in [-0.05, 0) is 42.3 Å². The monoisotopic (exact) mass is 417 g/mol. The molecule has 1 atom stereocenters. The molecule has 0 aliphatic carbocycles. The molecule has 6 nitrogen and oxygen atoms in total. The molecule has 0 aromatic heterocycles. The summed E-state index contributed by atoms with van der Waals surface area (Å²) in [4.78, 5) is 28.3. The number of carbonyl (C=O) groups is 2. The first-order chi connectivity index (χ1) is 14.1. The van der Waals surface area contributed by atoms with Gasteiger partial charge in [0.1, 0.15) is 11.3 Å². The summed E-state index contributed by atoms with van der Waals surface area (Å²) in [5, 5.41) is 8.98. The number of carbonyl (C=O) groups excluding carboxylic acids is 2. The highest BCUT2D eigenvalue weighted by Gasteiger charge is 2.56. The molecule has 1 aliphatic rings. The number of hydrogen-bond donors (Lipinski definition) is 0. The second kappa shape index (κ2) is 7.37. The number of nitrogens with zero attached hydrogens (tertiary/aromatic N) is 3. The lowest BCUT2D eigenvalue weighted by Crippen LogP contribution is -2.44. The quantitative estimate of drug-likeness (QED) is 0.696. The van der Waals surface area contributed by atoms with Gasteiger partial charge in [-0.2, -0.15) is 18.4 Å². The fraction of sp³-hybridized carbons (Fsp3) is 0.286. The molecule has 9 heteroatoms. The molecular formula is C21H18F3N3O3. The van der Waals surface area contributed by atoms with Crippen LogP contribution in [0.25, 0.3) is 0 Å². The van der Waals surface area contributed by atoms with E-state index < -0.39 is 34.8 Å². The molecule has 1 aliphatic heterocycles. The highest BCUT2D eigenvalue weighted by molar-refractivity contribution is 6.23. The number of anilines is 1. The van der Waals surface area contributed by atoms with Gasteiger partial charge in [-0.3, -0.25) is 4.79 Å². The van der Waals surface area contributed by atoms with E-state index in [-0.39, 0.29) is 12.1 Å². The summed E-state index contributed by atoms with van der Waals surface area (Å²) >= 11 is 0. The third-order valence-electron chi connectivity index (χ3n) is 5.37. The molecule has 3 rings (SSSR count). The summed E-state index contributed by atoms with van der Waals surface area (Å²) in [7, 11) is 2.92. The lowest BCUT2D eigenvalue weighted by atomic mass is 9.86. The highest BCUT2D eigenvalue weighted by Crippen LogP contribution is 2.43. The number of alkyl halides is 3. The van der Waals surface area contributed by atoms with Crippen molar-refractivity contribution >= 4 is 17.6 Å². The summed E-state index contributed by atoms with van der Waals surface area (Å²) in [5.41, 5.74) is -2.90. The zero-order valence-corrected chi connectivity index (χ0v) is 16.4. The molecule has 1 unspecified atom stereocenters. The fourth-order valence-electron chi connectivity index (χ4n) is 3.74. The molecule has 1 fully saturated rings. The Hall–Kier alpha value is -3.54. The van der Waals surface area contributed by atoms with Gasteiger partial charge in [-0.15, -0.1) is 0 Å². The first kappa shape index (κ1) is 21.2. The van der Waals surface area contributed by atoms with Crippen molar-refractivity contribution in [2.24, 2.45) is 0 Å². The number of likely N-dealkylation sites (N-methyl/N-ethyl adjacent to an activating group) is 1. The van der Waals surface area contributed by atoms with Gasteiger partial charge in [-0.1, -0.05) is 19.1 Å². The topological polar surface area (TPSA) is 73.6 Å². The maximum atomic E-state index is 13.4. The minimum Gasteiger partial charge on any atom is -0.497 e. The number of rotatable bonds is 4. The summed E-state index contributed by atoms with van der Waals surface area (Å²) in [6, 6.07) is 10.1. The molecule has 30 heavy (non-hydrogen) atoms. The Morgan fingerprint density at radius 2 is 1.77 bits per heavy atom. The van der Waals surface area contributed by atoms with Crippen LogP contribution in [0.4, 0.5) is 23.7 Å². The molecule has 0 bridgehead atoms. The van der Waals surface area contributed by atoms with Crippen LogP contribution in [0.15, 0.2) is 42.5 Å². The first-order valence-corrected chi connectivity index (χ1v) is 9.00. The first-order valence-electron chi connectivity index (χ1n) is 9.00. The van der Waals surface area contributed by atoms with Crippen molar-refractivity contribution in [3.05, 3.63) is 59.2 Å². The molecule has 0 spiro atoms. The number of amides is 3. The number of methoxy groups -OCH3 is 1. The Kier molecular flexibility index (Phi) is 5.20. The van der Waals surface area contributed by atoms with Gasteiger partial charge in [-0.25, -0.2) is 9.69 Å². The van der Waals surface area contributed by atoms with E-state index in [1.807, 2.05) is 0 Å². The third kappa shape index (κ3) is 3.05. The van der Waals surface area contributed by atoms with Crippen molar-refractivity contribution in [3.8, 4) is 11.8 Å². The average molecular weight is 417 g/mol. The van der Waals surface area contributed by atoms with Crippen LogP contribution in [0, 0.1) is 11.3 Å². The van der Waals surface area contributed by atoms with Crippen molar-refractivity contribution in [3.63, 3.8) is 0 Å². The maximum Gasteiger partial charge on any atom is 0.417 e. The van der Waals surface area contributed by atoms with Crippen molar-refractivity contribution in [2.45, 2.75) is 25.1 Å². The Morgan fingerprint density at radius 1 is 1.13 bits per heavy atom. The van der Waals surface area contributed by atoms with Crippen LogP contribution in [0.1, 0.15) is 30.0 Å². The molecule has 0 radical (unpaired) electrons. The Balaban J connectivity index is 2.14. The molecule has 0 saturated carbocycles. The Labute approximate surface area is 171 Å². The number of benzene rings is 2. The Morgan fingerprint density at radius 3 is 2.27 bits per heavy atom. The maximum absolute atomic E-state index is 13.4. The highest BCUT2D eigenvalue weighted by atomic mass is 19.4. The lowest BCUT2D eigenvalue weighted by molar-refractivity contribution is -0.137. The van der Waals surface area contributed by atoms with Crippen molar-refractivity contribution in [2.75, 3.05) is 19.1 Å². The van der Waals surface area contributed by atoms with Crippen LogP contribution in [0.2, 0.25) is 0 Å². The predicted octanol–water partition coefficient (Wildman–Crippen LogP) is 4.29. The predicted molar refractivity (Wildman–Crippen MR) is 102 cm³/mol. The molecule has 3 amide bonds. The van der Waals surface area contributed by atoms with Crippen LogP contribution in [0.5, 0.6) is 5.75 Å². The van der Waals surface area contributed by atoms with E-state index >= 15 is 0 Å². The van der Waals surface area contributed by atoms with E-state index in [0.717, 1.165) is 17.0 Å². The number of ether oxygens (including phenoxy) is 1. The molecule has 0 N–H and O–H groups in total. The summed E-state index contributed by atoms with van der Waals surface area (Å²) < 4.78 is 45.2. The molecule has 1 saturated heterocycles. The molecule has 2 aromatic rings. The standard InChI is InChI=1S/C21H18F3N3O3/c1-4-20(14-6-9-16(30-3)10-7-14)18(28)27(19(29)26(20)2)15-8-5-13(12-25)17(11-15)21(22,23)24/h5-11H,4H2,1-3H3. The number of nitriles is 1. The lowest BCUT2D eigenvalue weighted by Gasteiger charge is -2.32.